The predicted molar refractivity (Wildman–Crippen MR) is 74.9 cm³/mol. The summed E-state index contributed by atoms with van der Waals surface area (Å²) in [5.74, 6) is -4.50. The topological polar surface area (TPSA) is 56.6 Å². The van der Waals surface area contributed by atoms with Crippen LogP contribution in [-0.4, -0.2) is 65.8 Å². The van der Waals surface area contributed by atoms with E-state index in [1.54, 1.807) is 24.1 Å². The van der Waals surface area contributed by atoms with Crippen LogP contribution in [0.5, 0.6) is 0 Å². The number of halogens is 4. The van der Waals surface area contributed by atoms with Gasteiger partial charge in [-0.1, -0.05) is 0 Å². The Morgan fingerprint density at radius 2 is 2.29 bits per heavy atom. The van der Waals surface area contributed by atoms with Crippen LogP contribution in [-0.2, 0) is 21.3 Å². The summed E-state index contributed by atoms with van der Waals surface area (Å²) in [5, 5.41) is 4.04. The van der Waals surface area contributed by atoms with Gasteiger partial charge in [-0.3, -0.25) is 9.48 Å². The van der Waals surface area contributed by atoms with E-state index >= 15 is 0 Å². The molecule has 0 N–H and O–H groups in total. The number of alkyl halides is 4. The number of ether oxygens (including phenoxy) is 2. The Labute approximate surface area is 136 Å². The predicted octanol–water partition coefficient (Wildman–Crippen LogP) is 1.63. The molecule has 136 valence electrons. The van der Waals surface area contributed by atoms with Crippen molar-refractivity contribution in [1.29, 1.82) is 0 Å². The number of carbonyl (C=O) groups is 1. The van der Waals surface area contributed by atoms with Gasteiger partial charge in [-0.2, -0.15) is 13.9 Å². The fourth-order valence-electron chi connectivity index (χ4n) is 2.27. The maximum absolute atomic E-state index is 12.7. The van der Waals surface area contributed by atoms with E-state index in [1.165, 1.54) is 4.90 Å². The Bertz CT molecular complexity index is 553. The molecule has 0 aromatic carbocycles. The van der Waals surface area contributed by atoms with Crippen molar-refractivity contribution in [3.05, 3.63) is 18.0 Å². The third-order valence-electron chi connectivity index (χ3n) is 3.59. The van der Waals surface area contributed by atoms with Gasteiger partial charge in [0, 0.05) is 25.4 Å². The highest BCUT2D eigenvalue weighted by molar-refractivity contribution is 5.76. The molecule has 1 fully saturated rings. The molecule has 0 spiro atoms. The average molecular weight is 353 g/mol. The third-order valence-corrected chi connectivity index (χ3v) is 3.59. The number of carbonyl (C=O) groups excluding carboxylic acids is 1. The van der Waals surface area contributed by atoms with E-state index in [4.69, 9.17) is 4.74 Å². The van der Waals surface area contributed by atoms with Crippen LogP contribution in [0.3, 0.4) is 0 Å². The highest BCUT2D eigenvalue weighted by atomic mass is 19.3. The van der Waals surface area contributed by atoms with Crippen LogP contribution >= 0.6 is 0 Å². The molecule has 1 saturated heterocycles. The summed E-state index contributed by atoms with van der Waals surface area (Å²) >= 11 is 0. The minimum atomic E-state index is -4.20. The van der Waals surface area contributed by atoms with Crippen LogP contribution in [0.4, 0.5) is 17.6 Å². The first-order chi connectivity index (χ1) is 11.3. The highest BCUT2D eigenvalue weighted by Crippen LogP contribution is 2.23. The van der Waals surface area contributed by atoms with Gasteiger partial charge < -0.3 is 14.4 Å². The van der Waals surface area contributed by atoms with Crippen molar-refractivity contribution in [3.63, 3.8) is 0 Å². The average Bonchev–Trinajstić information content (AvgIpc) is 2.98. The molecule has 0 radical (unpaired) electrons. The van der Waals surface area contributed by atoms with E-state index < -0.39 is 19.0 Å². The van der Waals surface area contributed by atoms with E-state index in [0.29, 0.717) is 19.7 Å². The van der Waals surface area contributed by atoms with Crippen molar-refractivity contribution in [1.82, 2.24) is 14.7 Å². The van der Waals surface area contributed by atoms with E-state index in [2.05, 4.69) is 9.84 Å². The summed E-state index contributed by atoms with van der Waals surface area (Å²) in [6, 6.07) is 0. The Hall–Kier alpha value is -1.68. The first-order valence-corrected chi connectivity index (χ1v) is 7.41. The zero-order valence-corrected chi connectivity index (χ0v) is 13.1. The van der Waals surface area contributed by atoms with E-state index in [-0.39, 0.29) is 25.0 Å². The number of hydrogen-bond acceptors (Lipinski definition) is 4. The maximum atomic E-state index is 12.7. The summed E-state index contributed by atoms with van der Waals surface area (Å²) in [7, 11) is 1.77. The number of rotatable bonds is 7. The smallest absolute Gasteiger partial charge is 0.330 e. The molecule has 10 heteroatoms. The van der Waals surface area contributed by atoms with Crippen LogP contribution < -0.4 is 0 Å². The second-order valence-electron chi connectivity index (χ2n) is 5.51. The molecule has 0 aliphatic carbocycles. The minimum Gasteiger partial charge on any atom is -0.374 e. The van der Waals surface area contributed by atoms with Gasteiger partial charge in [0.1, 0.15) is 12.7 Å². The Morgan fingerprint density at radius 3 is 2.92 bits per heavy atom. The summed E-state index contributed by atoms with van der Waals surface area (Å²) in [4.78, 5) is 13.6. The lowest BCUT2D eigenvalue weighted by molar-refractivity contribution is -0.167. The fourth-order valence-corrected chi connectivity index (χ4v) is 2.27. The molecule has 0 bridgehead atoms. The van der Waals surface area contributed by atoms with Gasteiger partial charge in [0.15, 0.2) is 0 Å². The molecule has 2 heterocycles. The molecule has 0 saturated carbocycles. The number of amides is 1. The third kappa shape index (κ3) is 4.91. The van der Waals surface area contributed by atoms with Gasteiger partial charge in [0.05, 0.1) is 32.4 Å². The fraction of sp³-hybridized carbons (Fsp3) is 0.714. The van der Waals surface area contributed by atoms with Crippen LogP contribution in [0.2, 0.25) is 0 Å². The van der Waals surface area contributed by atoms with Crippen molar-refractivity contribution in [2.24, 2.45) is 7.05 Å². The zero-order chi connectivity index (χ0) is 17.7. The number of nitrogens with zero attached hydrogens (tertiary/aromatic N) is 3. The molecular formula is C14H19F4N3O3. The summed E-state index contributed by atoms with van der Waals surface area (Å²) < 4.78 is 61.0. The van der Waals surface area contributed by atoms with Gasteiger partial charge >= 0.3 is 12.3 Å². The summed E-state index contributed by atoms with van der Waals surface area (Å²) in [6.07, 6.45) is -0.810. The molecule has 6 nitrogen and oxygen atoms in total. The normalized spacial score (nSPS) is 19.1. The van der Waals surface area contributed by atoms with Gasteiger partial charge in [-0.15, -0.1) is 0 Å². The molecule has 1 aromatic rings. The summed E-state index contributed by atoms with van der Waals surface area (Å²) in [5.41, 5.74) is 0.836. The Kier molecular flexibility index (Phi) is 6.16. The first kappa shape index (κ1) is 18.7. The molecule has 1 amide bonds. The highest BCUT2D eigenvalue weighted by Gasteiger charge is 2.41. The van der Waals surface area contributed by atoms with Gasteiger partial charge in [-0.25, -0.2) is 8.78 Å². The number of hydrogen-bond donors (Lipinski definition) is 0. The van der Waals surface area contributed by atoms with Crippen molar-refractivity contribution < 1.29 is 31.8 Å². The number of aromatic nitrogens is 2. The Morgan fingerprint density at radius 1 is 1.54 bits per heavy atom. The zero-order valence-electron chi connectivity index (χ0n) is 13.1. The molecule has 1 aliphatic heterocycles. The summed E-state index contributed by atoms with van der Waals surface area (Å²) in [6.45, 7) is -0.703. The molecule has 24 heavy (non-hydrogen) atoms. The van der Waals surface area contributed by atoms with Crippen molar-refractivity contribution >= 4 is 5.91 Å². The minimum absolute atomic E-state index is 0.154. The molecule has 1 aromatic heterocycles. The van der Waals surface area contributed by atoms with Crippen molar-refractivity contribution in [2.75, 3.05) is 32.9 Å². The second-order valence-corrected chi connectivity index (χ2v) is 5.51. The van der Waals surface area contributed by atoms with E-state index in [1.807, 2.05) is 0 Å². The van der Waals surface area contributed by atoms with Crippen molar-refractivity contribution in [3.8, 4) is 0 Å². The number of aryl methyl sites for hydroxylation is 1. The standard InChI is InChI=1S/C14H19F4N3O3/c1-20-7-10(6-19-20)11-8-21(3-5-24-11)12(22)2-4-23-9-14(17,18)13(15)16/h6-7,11,13H,2-5,8-9H2,1H3. The van der Waals surface area contributed by atoms with Crippen LogP contribution in [0.1, 0.15) is 18.1 Å². The van der Waals surface area contributed by atoms with Crippen LogP contribution in [0.15, 0.2) is 12.4 Å². The van der Waals surface area contributed by atoms with E-state index in [9.17, 15) is 22.4 Å². The lowest BCUT2D eigenvalue weighted by Crippen LogP contribution is -2.42. The second kappa shape index (κ2) is 7.93. The van der Waals surface area contributed by atoms with Crippen LogP contribution in [0.25, 0.3) is 0 Å². The van der Waals surface area contributed by atoms with Gasteiger partial charge in [-0.05, 0) is 0 Å². The monoisotopic (exact) mass is 353 g/mol. The van der Waals surface area contributed by atoms with Crippen LogP contribution in [0, 0.1) is 0 Å². The van der Waals surface area contributed by atoms with Gasteiger partial charge in [0.25, 0.3) is 0 Å². The van der Waals surface area contributed by atoms with Crippen molar-refractivity contribution in [2.45, 2.75) is 24.9 Å². The molecule has 1 aliphatic rings. The lowest BCUT2D eigenvalue weighted by Gasteiger charge is -2.32. The SMILES string of the molecule is Cn1cc(C2CN(C(=O)CCOCC(F)(F)C(F)F)CCO2)cn1. The largest absolute Gasteiger partial charge is 0.374 e. The maximum Gasteiger partial charge on any atom is 0.330 e. The molecule has 1 unspecified atom stereocenters. The number of morpholine rings is 1. The molecule has 1 atom stereocenters. The first-order valence-electron chi connectivity index (χ1n) is 7.41. The lowest BCUT2D eigenvalue weighted by atomic mass is 10.1. The van der Waals surface area contributed by atoms with E-state index in [0.717, 1.165) is 5.56 Å². The molecular weight excluding hydrogens is 334 g/mol. The quantitative estimate of drug-likeness (QED) is 0.552. The van der Waals surface area contributed by atoms with Gasteiger partial charge in [0.2, 0.25) is 5.91 Å². The molecule has 2 rings (SSSR count). The Balaban J connectivity index is 1.76.